The number of hydrogen-bond donors (Lipinski definition) is 0. The molecule has 0 N–H and O–H groups in total. The molecule has 0 amide bonds. The third-order valence-corrected chi connectivity index (χ3v) is 5.28. The van der Waals surface area contributed by atoms with Crippen molar-refractivity contribution in [1.29, 1.82) is 0 Å². The Kier molecular flexibility index (Phi) is 6.02. The molecule has 1 unspecified atom stereocenters. The van der Waals surface area contributed by atoms with Gasteiger partial charge in [-0.3, -0.25) is 9.80 Å². The molecule has 1 fully saturated rings. The Morgan fingerprint density at radius 1 is 1.17 bits per heavy atom. The van der Waals surface area contributed by atoms with E-state index in [1.54, 1.807) is 13.4 Å². The molecule has 0 spiro atoms. The lowest BCUT2D eigenvalue weighted by Gasteiger charge is -2.38. The number of aromatic nitrogens is 4. The number of tetrazole rings is 1. The summed E-state index contributed by atoms with van der Waals surface area (Å²) in [7, 11) is 1.70. The number of benzene rings is 1. The van der Waals surface area contributed by atoms with Gasteiger partial charge in [-0.05, 0) is 28.6 Å². The molecular weight excluding hydrogens is 368 g/mol. The van der Waals surface area contributed by atoms with E-state index in [9.17, 15) is 0 Å². The molecule has 0 aliphatic carbocycles. The average Bonchev–Trinajstić information content (AvgIpc) is 3.43. The lowest BCUT2D eigenvalue weighted by atomic mass is 10.0. The van der Waals surface area contributed by atoms with Crippen LogP contribution in [0.4, 0.5) is 0 Å². The highest BCUT2D eigenvalue weighted by atomic mass is 16.5. The molecule has 2 aromatic heterocycles. The van der Waals surface area contributed by atoms with Gasteiger partial charge in [-0.2, -0.15) is 0 Å². The molecule has 0 radical (unpaired) electrons. The summed E-state index contributed by atoms with van der Waals surface area (Å²) in [5, 5.41) is 12.6. The zero-order chi connectivity index (χ0) is 20.1. The second-order valence-electron chi connectivity index (χ2n) is 7.04. The van der Waals surface area contributed by atoms with E-state index in [2.05, 4.69) is 38.0 Å². The van der Waals surface area contributed by atoms with Gasteiger partial charge in [-0.25, -0.2) is 4.68 Å². The molecule has 1 aliphatic heterocycles. The summed E-state index contributed by atoms with van der Waals surface area (Å²) in [6.45, 7) is 9.00. The zero-order valence-electron chi connectivity index (χ0n) is 16.6. The first-order chi connectivity index (χ1) is 14.3. The summed E-state index contributed by atoms with van der Waals surface area (Å²) in [5.41, 5.74) is 1.06. The number of rotatable bonds is 8. The highest BCUT2D eigenvalue weighted by molar-refractivity contribution is 5.39. The van der Waals surface area contributed by atoms with Crippen LogP contribution in [0, 0.1) is 0 Å². The maximum absolute atomic E-state index is 5.67. The molecule has 152 valence electrons. The summed E-state index contributed by atoms with van der Waals surface area (Å²) < 4.78 is 13.0. The standard InChI is InChI=1S/C21H26N6O2/c1-3-10-25-11-13-26(14-12-25)20(18-8-4-5-9-19(18)28-2)21-22-23-24-27(21)16-17-7-6-15-29-17/h3-9,15,20H,1,10-14,16H2,2H3. The van der Waals surface area contributed by atoms with Crippen LogP contribution in [0.3, 0.4) is 0 Å². The van der Waals surface area contributed by atoms with Crippen molar-refractivity contribution in [3.8, 4) is 5.75 Å². The molecule has 1 aromatic carbocycles. The van der Waals surface area contributed by atoms with Gasteiger partial charge < -0.3 is 9.15 Å². The van der Waals surface area contributed by atoms with Gasteiger partial charge in [0.25, 0.3) is 0 Å². The molecule has 4 rings (SSSR count). The van der Waals surface area contributed by atoms with Gasteiger partial charge in [0.05, 0.1) is 13.4 Å². The van der Waals surface area contributed by atoms with Gasteiger partial charge in [-0.1, -0.05) is 24.3 Å². The first-order valence-electron chi connectivity index (χ1n) is 9.79. The van der Waals surface area contributed by atoms with E-state index >= 15 is 0 Å². The minimum atomic E-state index is -0.109. The summed E-state index contributed by atoms with van der Waals surface area (Å²) in [5.74, 6) is 2.43. The molecule has 29 heavy (non-hydrogen) atoms. The largest absolute Gasteiger partial charge is 0.496 e. The van der Waals surface area contributed by atoms with Gasteiger partial charge in [-0.15, -0.1) is 11.7 Å². The zero-order valence-corrected chi connectivity index (χ0v) is 16.6. The van der Waals surface area contributed by atoms with Crippen molar-refractivity contribution in [3.05, 3.63) is 72.5 Å². The smallest absolute Gasteiger partial charge is 0.173 e. The molecule has 1 atom stereocenters. The number of para-hydroxylation sites is 1. The van der Waals surface area contributed by atoms with E-state index in [1.165, 1.54) is 0 Å². The van der Waals surface area contributed by atoms with Crippen molar-refractivity contribution >= 4 is 0 Å². The van der Waals surface area contributed by atoms with Crippen molar-refractivity contribution in [2.24, 2.45) is 0 Å². The Bertz CT molecular complexity index is 915. The van der Waals surface area contributed by atoms with Gasteiger partial charge in [0.1, 0.15) is 24.1 Å². The van der Waals surface area contributed by atoms with E-state index in [-0.39, 0.29) is 6.04 Å². The van der Waals surface area contributed by atoms with Crippen LogP contribution in [-0.2, 0) is 6.54 Å². The van der Waals surface area contributed by atoms with E-state index < -0.39 is 0 Å². The fourth-order valence-corrected chi connectivity index (χ4v) is 3.85. The van der Waals surface area contributed by atoms with Gasteiger partial charge in [0, 0.05) is 38.3 Å². The second kappa shape index (κ2) is 9.02. The molecule has 1 aliphatic rings. The van der Waals surface area contributed by atoms with E-state index in [0.29, 0.717) is 6.54 Å². The second-order valence-corrected chi connectivity index (χ2v) is 7.04. The van der Waals surface area contributed by atoms with Crippen molar-refractivity contribution in [2.45, 2.75) is 12.6 Å². The number of piperazine rings is 1. The van der Waals surface area contributed by atoms with Crippen LogP contribution in [0.25, 0.3) is 0 Å². The molecule has 8 heteroatoms. The highest BCUT2D eigenvalue weighted by Crippen LogP contribution is 2.34. The van der Waals surface area contributed by atoms with E-state index in [0.717, 1.165) is 55.6 Å². The molecule has 8 nitrogen and oxygen atoms in total. The summed E-state index contributed by atoms with van der Waals surface area (Å²) in [6.07, 6.45) is 3.62. The van der Waals surface area contributed by atoms with Crippen LogP contribution in [0.5, 0.6) is 5.75 Å². The topological polar surface area (TPSA) is 72.5 Å². The van der Waals surface area contributed by atoms with Crippen LogP contribution in [-0.4, -0.2) is 69.8 Å². The van der Waals surface area contributed by atoms with E-state index in [1.807, 2.05) is 41.1 Å². The number of ether oxygens (including phenoxy) is 1. The normalized spacial score (nSPS) is 16.6. The van der Waals surface area contributed by atoms with Gasteiger partial charge in [0.15, 0.2) is 5.82 Å². The van der Waals surface area contributed by atoms with Crippen LogP contribution in [0.1, 0.15) is 23.2 Å². The van der Waals surface area contributed by atoms with Crippen LogP contribution in [0.15, 0.2) is 59.7 Å². The molecule has 3 heterocycles. The van der Waals surface area contributed by atoms with Crippen LogP contribution < -0.4 is 4.74 Å². The summed E-state index contributed by atoms with van der Waals surface area (Å²) in [4.78, 5) is 4.82. The Balaban J connectivity index is 1.68. The van der Waals surface area contributed by atoms with Crippen molar-refractivity contribution in [3.63, 3.8) is 0 Å². The third kappa shape index (κ3) is 4.23. The summed E-state index contributed by atoms with van der Waals surface area (Å²) >= 11 is 0. The predicted molar refractivity (Wildman–Crippen MR) is 109 cm³/mol. The Morgan fingerprint density at radius 2 is 2.00 bits per heavy atom. The van der Waals surface area contributed by atoms with Crippen molar-refractivity contribution in [2.75, 3.05) is 39.8 Å². The fraction of sp³-hybridized carbons (Fsp3) is 0.381. The molecule has 3 aromatic rings. The Morgan fingerprint density at radius 3 is 2.72 bits per heavy atom. The molecule has 0 bridgehead atoms. The number of methoxy groups -OCH3 is 1. The molecular formula is C21H26N6O2. The summed E-state index contributed by atoms with van der Waals surface area (Å²) in [6, 6.07) is 11.8. The predicted octanol–water partition coefficient (Wildman–Crippen LogP) is 2.22. The van der Waals surface area contributed by atoms with Gasteiger partial charge >= 0.3 is 0 Å². The number of hydrogen-bond acceptors (Lipinski definition) is 7. The number of nitrogens with zero attached hydrogens (tertiary/aromatic N) is 6. The fourth-order valence-electron chi connectivity index (χ4n) is 3.85. The third-order valence-electron chi connectivity index (χ3n) is 5.28. The monoisotopic (exact) mass is 394 g/mol. The van der Waals surface area contributed by atoms with Crippen molar-refractivity contribution < 1.29 is 9.15 Å². The Labute approximate surface area is 170 Å². The lowest BCUT2D eigenvalue weighted by molar-refractivity contribution is 0.111. The number of furan rings is 1. The quantitative estimate of drug-likeness (QED) is 0.543. The highest BCUT2D eigenvalue weighted by Gasteiger charge is 2.32. The van der Waals surface area contributed by atoms with Gasteiger partial charge in [0.2, 0.25) is 0 Å². The average molecular weight is 394 g/mol. The molecule has 1 saturated heterocycles. The van der Waals surface area contributed by atoms with Crippen molar-refractivity contribution in [1.82, 2.24) is 30.0 Å². The molecule has 0 saturated carbocycles. The van der Waals surface area contributed by atoms with Crippen LogP contribution in [0.2, 0.25) is 0 Å². The SMILES string of the molecule is C=CCN1CCN(C(c2ccccc2OC)c2nnnn2Cc2ccco2)CC1. The minimum absolute atomic E-state index is 0.109. The Hall–Kier alpha value is -2.97. The first kappa shape index (κ1) is 19.4. The minimum Gasteiger partial charge on any atom is -0.496 e. The lowest BCUT2D eigenvalue weighted by Crippen LogP contribution is -2.48. The first-order valence-corrected chi connectivity index (χ1v) is 9.79. The maximum atomic E-state index is 5.67. The maximum Gasteiger partial charge on any atom is 0.173 e. The van der Waals surface area contributed by atoms with E-state index in [4.69, 9.17) is 9.15 Å². The van der Waals surface area contributed by atoms with Crippen LogP contribution >= 0.6 is 0 Å².